The normalized spacial score (nSPS) is 47.3. The fourth-order valence-corrected chi connectivity index (χ4v) is 3.04. The number of aliphatic hydroxyl groups is 7. The third-order valence-electron chi connectivity index (χ3n) is 4.38. The first-order chi connectivity index (χ1) is 12.2. The van der Waals surface area contributed by atoms with Crippen molar-refractivity contribution in [2.24, 2.45) is 0 Å². The maximum Gasteiger partial charge on any atom is 0.187 e. The predicted octanol–water partition coefficient (Wildman–Crippen LogP) is -3.96. The molecule has 0 aromatic carbocycles. The van der Waals surface area contributed by atoms with Gasteiger partial charge in [-0.25, -0.2) is 0 Å². The van der Waals surface area contributed by atoms with E-state index in [9.17, 15) is 35.7 Å². The highest BCUT2D eigenvalue weighted by atomic mass is 16.7. The molecule has 2 aliphatic heterocycles. The molecule has 11 heteroatoms. The fraction of sp³-hybridized carbons (Fsp3) is 1.00. The minimum atomic E-state index is -1.72. The van der Waals surface area contributed by atoms with Gasteiger partial charge in [0, 0.05) is 0 Å². The quantitative estimate of drug-likeness (QED) is 0.237. The van der Waals surface area contributed by atoms with E-state index in [1.807, 2.05) is 0 Å². The second kappa shape index (κ2) is 9.17. The van der Waals surface area contributed by atoms with Crippen LogP contribution in [0.25, 0.3) is 0 Å². The second-order valence-corrected chi connectivity index (χ2v) is 6.69. The number of aliphatic hydroxyl groups excluding tert-OH is 7. The lowest BCUT2D eigenvalue weighted by Crippen LogP contribution is -2.65. The van der Waals surface area contributed by atoms with Gasteiger partial charge in [0.15, 0.2) is 12.6 Å². The number of hydrogen-bond donors (Lipinski definition) is 7. The average molecular weight is 384 g/mol. The SMILES string of the molecule is CC(C)OC1C(CO)OC(OC2C(CO)OC(O)C(O)C2O)C(O)C1O. The molecule has 10 atom stereocenters. The Morgan fingerprint density at radius 2 is 1.31 bits per heavy atom. The van der Waals surface area contributed by atoms with Gasteiger partial charge >= 0.3 is 0 Å². The van der Waals surface area contributed by atoms with E-state index in [4.69, 9.17) is 18.9 Å². The highest BCUT2D eigenvalue weighted by Crippen LogP contribution is 2.29. The van der Waals surface area contributed by atoms with Crippen molar-refractivity contribution in [1.82, 2.24) is 0 Å². The first-order valence-corrected chi connectivity index (χ1v) is 8.45. The molecule has 10 unspecified atom stereocenters. The molecule has 11 nitrogen and oxygen atoms in total. The van der Waals surface area contributed by atoms with Gasteiger partial charge in [0.1, 0.15) is 48.8 Å². The molecule has 0 bridgehead atoms. The van der Waals surface area contributed by atoms with Crippen LogP contribution in [0.1, 0.15) is 13.8 Å². The summed E-state index contributed by atoms with van der Waals surface area (Å²) in [4.78, 5) is 0. The topological polar surface area (TPSA) is 179 Å². The Morgan fingerprint density at radius 3 is 1.85 bits per heavy atom. The fourth-order valence-electron chi connectivity index (χ4n) is 3.04. The van der Waals surface area contributed by atoms with Crippen molar-refractivity contribution in [1.29, 1.82) is 0 Å². The molecule has 2 heterocycles. The lowest BCUT2D eigenvalue weighted by atomic mass is 9.97. The molecule has 0 aromatic rings. The highest BCUT2D eigenvalue weighted by molar-refractivity contribution is 4.94. The van der Waals surface area contributed by atoms with Crippen LogP contribution in [0.4, 0.5) is 0 Å². The highest BCUT2D eigenvalue weighted by Gasteiger charge is 2.50. The Labute approximate surface area is 150 Å². The van der Waals surface area contributed by atoms with Gasteiger partial charge in [-0.2, -0.15) is 0 Å². The van der Waals surface area contributed by atoms with Gasteiger partial charge in [-0.3, -0.25) is 0 Å². The summed E-state index contributed by atoms with van der Waals surface area (Å²) in [6.07, 6.45) is -14.6. The van der Waals surface area contributed by atoms with Gasteiger partial charge in [0.05, 0.1) is 19.3 Å². The first kappa shape index (κ1) is 21.9. The van der Waals surface area contributed by atoms with Gasteiger partial charge in [0.2, 0.25) is 0 Å². The maximum absolute atomic E-state index is 10.3. The summed E-state index contributed by atoms with van der Waals surface area (Å²) in [5.41, 5.74) is 0. The Balaban J connectivity index is 2.12. The molecular weight excluding hydrogens is 356 g/mol. The van der Waals surface area contributed by atoms with Gasteiger partial charge < -0.3 is 54.7 Å². The molecule has 2 rings (SSSR count). The summed E-state index contributed by atoms with van der Waals surface area (Å²) in [5.74, 6) is 0. The molecule has 2 fully saturated rings. The van der Waals surface area contributed by atoms with E-state index >= 15 is 0 Å². The standard InChI is InChI=1S/C15H28O11/c1-5(2)23-12-7(4-17)25-15(11(21)9(12)19)26-13-6(3-16)24-14(22)10(20)8(13)18/h5-22H,3-4H2,1-2H3. The van der Waals surface area contributed by atoms with Crippen molar-refractivity contribution in [3.8, 4) is 0 Å². The average Bonchev–Trinajstić information content (AvgIpc) is 2.60. The summed E-state index contributed by atoms with van der Waals surface area (Å²) in [6, 6.07) is 0. The molecule has 0 amide bonds. The molecule has 2 saturated heterocycles. The third kappa shape index (κ3) is 4.51. The van der Waals surface area contributed by atoms with Crippen LogP contribution in [0.5, 0.6) is 0 Å². The molecule has 0 saturated carbocycles. The van der Waals surface area contributed by atoms with Crippen LogP contribution in [-0.2, 0) is 18.9 Å². The van der Waals surface area contributed by atoms with Crippen LogP contribution in [-0.4, -0.2) is 116 Å². The van der Waals surface area contributed by atoms with Crippen molar-refractivity contribution in [3.05, 3.63) is 0 Å². The van der Waals surface area contributed by atoms with E-state index in [1.54, 1.807) is 13.8 Å². The van der Waals surface area contributed by atoms with Crippen LogP contribution in [0, 0.1) is 0 Å². The van der Waals surface area contributed by atoms with Crippen LogP contribution in [0.15, 0.2) is 0 Å². The minimum absolute atomic E-state index is 0.305. The minimum Gasteiger partial charge on any atom is -0.394 e. The van der Waals surface area contributed by atoms with Crippen molar-refractivity contribution < 1.29 is 54.7 Å². The van der Waals surface area contributed by atoms with Crippen molar-refractivity contribution in [2.75, 3.05) is 13.2 Å². The van der Waals surface area contributed by atoms with Gasteiger partial charge in [-0.05, 0) is 13.8 Å². The Morgan fingerprint density at radius 1 is 0.769 bits per heavy atom. The van der Waals surface area contributed by atoms with Gasteiger partial charge in [-0.1, -0.05) is 0 Å². The number of rotatable bonds is 6. The van der Waals surface area contributed by atoms with E-state index < -0.39 is 74.6 Å². The second-order valence-electron chi connectivity index (χ2n) is 6.69. The maximum atomic E-state index is 10.3. The van der Waals surface area contributed by atoms with E-state index in [-0.39, 0.29) is 6.10 Å². The van der Waals surface area contributed by atoms with Gasteiger partial charge in [0.25, 0.3) is 0 Å². The van der Waals surface area contributed by atoms with Crippen molar-refractivity contribution in [3.63, 3.8) is 0 Å². The molecule has 0 aromatic heterocycles. The summed E-state index contributed by atoms with van der Waals surface area (Å²) in [5, 5.41) is 68.7. The Kier molecular flexibility index (Phi) is 7.71. The zero-order valence-electron chi connectivity index (χ0n) is 14.5. The number of hydrogen-bond acceptors (Lipinski definition) is 11. The zero-order chi connectivity index (χ0) is 19.6. The van der Waals surface area contributed by atoms with Crippen LogP contribution >= 0.6 is 0 Å². The molecule has 2 aliphatic rings. The Hall–Kier alpha value is -0.440. The van der Waals surface area contributed by atoms with Crippen LogP contribution in [0.2, 0.25) is 0 Å². The summed E-state index contributed by atoms with van der Waals surface area (Å²) < 4.78 is 21.3. The molecule has 0 radical (unpaired) electrons. The summed E-state index contributed by atoms with van der Waals surface area (Å²) in [6.45, 7) is 2.24. The first-order valence-electron chi connectivity index (χ1n) is 8.45. The van der Waals surface area contributed by atoms with Crippen LogP contribution in [0.3, 0.4) is 0 Å². The van der Waals surface area contributed by atoms with Gasteiger partial charge in [-0.15, -0.1) is 0 Å². The predicted molar refractivity (Wildman–Crippen MR) is 82.6 cm³/mol. The Bertz CT molecular complexity index is 432. The summed E-state index contributed by atoms with van der Waals surface area (Å²) in [7, 11) is 0. The molecule has 0 aliphatic carbocycles. The lowest BCUT2D eigenvalue weighted by Gasteiger charge is -2.46. The smallest absolute Gasteiger partial charge is 0.187 e. The number of ether oxygens (including phenoxy) is 4. The molecule has 26 heavy (non-hydrogen) atoms. The van der Waals surface area contributed by atoms with Crippen molar-refractivity contribution >= 4 is 0 Å². The monoisotopic (exact) mass is 384 g/mol. The molecule has 7 N–H and O–H groups in total. The largest absolute Gasteiger partial charge is 0.394 e. The lowest BCUT2D eigenvalue weighted by molar-refractivity contribution is -0.358. The summed E-state index contributed by atoms with van der Waals surface area (Å²) >= 11 is 0. The molecular formula is C15H28O11. The van der Waals surface area contributed by atoms with E-state index in [1.165, 1.54) is 0 Å². The zero-order valence-corrected chi connectivity index (χ0v) is 14.5. The van der Waals surface area contributed by atoms with Crippen LogP contribution < -0.4 is 0 Å². The van der Waals surface area contributed by atoms with E-state index in [2.05, 4.69) is 0 Å². The molecule has 154 valence electrons. The molecule has 0 spiro atoms. The third-order valence-corrected chi connectivity index (χ3v) is 4.38. The van der Waals surface area contributed by atoms with E-state index in [0.717, 1.165) is 0 Å². The van der Waals surface area contributed by atoms with Crippen molar-refractivity contribution in [2.45, 2.75) is 81.4 Å². The van der Waals surface area contributed by atoms with E-state index in [0.29, 0.717) is 0 Å².